The molecule has 0 aliphatic rings. The molecule has 0 aliphatic carbocycles. The Hall–Kier alpha value is -0.920. The van der Waals surface area contributed by atoms with Crippen LogP contribution in [0.1, 0.15) is 31.7 Å². The number of hydrogen-bond acceptors (Lipinski definition) is 4. The van der Waals surface area contributed by atoms with Crippen molar-refractivity contribution in [2.24, 2.45) is 0 Å². The molecule has 0 spiro atoms. The van der Waals surface area contributed by atoms with Crippen LogP contribution in [-0.4, -0.2) is 37.8 Å². The predicted octanol–water partition coefficient (Wildman–Crippen LogP) is 0.798. The maximum atomic E-state index is 12.1. The third-order valence-corrected chi connectivity index (χ3v) is 4.64. The van der Waals surface area contributed by atoms with E-state index in [9.17, 15) is 8.42 Å². The van der Waals surface area contributed by atoms with Gasteiger partial charge in [0.2, 0.25) is 10.0 Å². The third-order valence-electron chi connectivity index (χ3n) is 2.85. The zero-order valence-electron chi connectivity index (χ0n) is 12.2. The van der Waals surface area contributed by atoms with Gasteiger partial charge in [0.25, 0.3) is 0 Å². The minimum absolute atomic E-state index is 0.310. The summed E-state index contributed by atoms with van der Waals surface area (Å²) in [6.45, 7) is 10.2. The molecule has 0 amide bonds. The van der Waals surface area contributed by atoms with Gasteiger partial charge < -0.3 is 5.32 Å². The minimum Gasteiger partial charge on any atom is -0.315 e. The Morgan fingerprint density at radius 2 is 1.89 bits per heavy atom. The molecule has 1 aromatic rings. The van der Waals surface area contributed by atoms with E-state index in [0.717, 1.165) is 19.5 Å². The summed E-state index contributed by atoms with van der Waals surface area (Å²) in [4.78, 5) is 0.310. The van der Waals surface area contributed by atoms with Crippen LogP contribution in [0.2, 0.25) is 0 Å². The van der Waals surface area contributed by atoms with Gasteiger partial charge in [0.1, 0.15) is 4.90 Å². The Bertz CT molecular complexity index is 508. The molecule has 0 atom stereocenters. The second-order valence-electron chi connectivity index (χ2n) is 4.47. The summed E-state index contributed by atoms with van der Waals surface area (Å²) in [5.41, 5.74) is 1.24. The molecular formula is C12H24N4O2S. The van der Waals surface area contributed by atoms with Crippen LogP contribution in [0.15, 0.2) is 4.90 Å². The lowest BCUT2D eigenvalue weighted by Crippen LogP contribution is -2.25. The van der Waals surface area contributed by atoms with Crippen LogP contribution in [0.5, 0.6) is 0 Å². The van der Waals surface area contributed by atoms with Crippen molar-refractivity contribution < 1.29 is 8.42 Å². The average molecular weight is 288 g/mol. The molecule has 1 heterocycles. The molecule has 0 aromatic carbocycles. The molecule has 110 valence electrons. The van der Waals surface area contributed by atoms with Gasteiger partial charge in [0.05, 0.1) is 17.9 Å². The molecule has 7 heteroatoms. The first-order valence-electron chi connectivity index (χ1n) is 6.68. The van der Waals surface area contributed by atoms with Crippen LogP contribution in [0.4, 0.5) is 0 Å². The molecule has 19 heavy (non-hydrogen) atoms. The molecule has 0 saturated carbocycles. The summed E-state index contributed by atoms with van der Waals surface area (Å²) in [5.74, 6) is 0. The Morgan fingerprint density at radius 1 is 1.21 bits per heavy atom. The molecule has 1 aromatic heterocycles. The molecular weight excluding hydrogens is 264 g/mol. The van der Waals surface area contributed by atoms with Crippen molar-refractivity contribution in [1.29, 1.82) is 0 Å². The van der Waals surface area contributed by atoms with E-state index < -0.39 is 10.0 Å². The maximum Gasteiger partial charge on any atom is 0.244 e. The van der Waals surface area contributed by atoms with E-state index in [4.69, 9.17) is 0 Å². The number of aromatic nitrogens is 2. The molecule has 2 N–H and O–H groups in total. The molecule has 0 radical (unpaired) electrons. The summed E-state index contributed by atoms with van der Waals surface area (Å²) >= 11 is 0. The number of sulfonamides is 1. The molecule has 0 fully saturated rings. The molecule has 1 rings (SSSR count). The first-order chi connectivity index (χ1) is 8.94. The highest BCUT2D eigenvalue weighted by Gasteiger charge is 2.23. The Labute approximate surface area is 115 Å². The van der Waals surface area contributed by atoms with E-state index in [1.165, 1.54) is 0 Å². The van der Waals surface area contributed by atoms with Gasteiger partial charge in [-0.15, -0.1) is 0 Å². The highest BCUT2D eigenvalue weighted by molar-refractivity contribution is 7.89. The largest absolute Gasteiger partial charge is 0.315 e. The van der Waals surface area contributed by atoms with Crippen LogP contribution < -0.4 is 10.0 Å². The van der Waals surface area contributed by atoms with E-state index in [-0.39, 0.29) is 0 Å². The SMILES string of the molecule is CCCNCCn1nc(C)c(S(=O)(=O)NCC)c1C. The quantitative estimate of drug-likeness (QED) is 0.694. The van der Waals surface area contributed by atoms with Crippen molar-refractivity contribution in [3.05, 3.63) is 11.4 Å². The van der Waals surface area contributed by atoms with Gasteiger partial charge in [0.15, 0.2) is 0 Å². The Kier molecular flexibility index (Phi) is 5.96. The number of nitrogens with one attached hydrogen (secondary N) is 2. The van der Waals surface area contributed by atoms with E-state index in [2.05, 4.69) is 22.1 Å². The third kappa shape index (κ3) is 4.02. The first kappa shape index (κ1) is 16.1. The van der Waals surface area contributed by atoms with Crippen LogP contribution in [-0.2, 0) is 16.6 Å². The van der Waals surface area contributed by atoms with Crippen molar-refractivity contribution in [2.45, 2.75) is 45.6 Å². The second-order valence-corrected chi connectivity index (χ2v) is 6.18. The van der Waals surface area contributed by atoms with Gasteiger partial charge in [0, 0.05) is 13.1 Å². The molecule has 0 aliphatic heterocycles. The number of aryl methyl sites for hydroxylation is 1. The lowest BCUT2D eigenvalue weighted by Gasteiger charge is -2.07. The fourth-order valence-electron chi connectivity index (χ4n) is 2.04. The van der Waals surface area contributed by atoms with E-state index in [1.54, 1.807) is 25.5 Å². The van der Waals surface area contributed by atoms with Gasteiger partial charge in [-0.1, -0.05) is 13.8 Å². The fraction of sp³-hybridized carbons (Fsp3) is 0.750. The zero-order chi connectivity index (χ0) is 14.5. The molecule has 0 bridgehead atoms. The lowest BCUT2D eigenvalue weighted by molar-refractivity contribution is 0.539. The smallest absolute Gasteiger partial charge is 0.244 e. The monoisotopic (exact) mass is 288 g/mol. The molecule has 0 unspecified atom stereocenters. The van der Waals surface area contributed by atoms with Crippen LogP contribution >= 0.6 is 0 Å². The van der Waals surface area contributed by atoms with E-state index >= 15 is 0 Å². The van der Waals surface area contributed by atoms with Crippen molar-refractivity contribution in [3.63, 3.8) is 0 Å². The number of nitrogens with zero attached hydrogens (tertiary/aromatic N) is 2. The van der Waals surface area contributed by atoms with Crippen LogP contribution in [0.25, 0.3) is 0 Å². The topological polar surface area (TPSA) is 76.0 Å². The first-order valence-corrected chi connectivity index (χ1v) is 8.16. The van der Waals surface area contributed by atoms with Gasteiger partial charge in [-0.05, 0) is 26.8 Å². The minimum atomic E-state index is -3.44. The summed E-state index contributed by atoms with van der Waals surface area (Å²) < 4.78 is 28.4. The average Bonchev–Trinajstić information content (AvgIpc) is 2.60. The predicted molar refractivity (Wildman–Crippen MR) is 75.7 cm³/mol. The van der Waals surface area contributed by atoms with Crippen LogP contribution in [0, 0.1) is 13.8 Å². The number of rotatable bonds is 8. The van der Waals surface area contributed by atoms with Gasteiger partial charge in [-0.2, -0.15) is 5.10 Å². The summed E-state index contributed by atoms with van der Waals surface area (Å²) in [6, 6.07) is 0. The Morgan fingerprint density at radius 3 is 2.47 bits per heavy atom. The Balaban J connectivity index is 2.89. The molecule has 6 nitrogen and oxygen atoms in total. The summed E-state index contributed by atoms with van der Waals surface area (Å²) in [6.07, 6.45) is 1.08. The zero-order valence-corrected chi connectivity index (χ0v) is 13.0. The van der Waals surface area contributed by atoms with Crippen molar-refractivity contribution in [1.82, 2.24) is 19.8 Å². The summed E-state index contributed by atoms with van der Waals surface area (Å²) in [7, 11) is -3.44. The lowest BCUT2D eigenvalue weighted by atomic mass is 10.4. The van der Waals surface area contributed by atoms with Crippen molar-refractivity contribution >= 4 is 10.0 Å². The van der Waals surface area contributed by atoms with Crippen molar-refractivity contribution in [3.8, 4) is 0 Å². The van der Waals surface area contributed by atoms with Crippen LogP contribution in [0.3, 0.4) is 0 Å². The van der Waals surface area contributed by atoms with E-state index in [1.807, 2.05) is 0 Å². The van der Waals surface area contributed by atoms with Gasteiger partial charge >= 0.3 is 0 Å². The van der Waals surface area contributed by atoms with Crippen molar-refractivity contribution in [2.75, 3.05) is 19.6 Å². The summed E-state index contributed by atoms with van der Waals surface area (Å²) in [5, 5.41) is 7.59. The highest BCUT2D eigenvalue weighted by Crippen LogP contribution is 2.18. The second kappa shape index (κ2) is 7.02. The molecule has 0 saturated heterocycles. The number of hydrogen-bond donors (Lipinski definition) is 2. The fourth-order valence-corrected chi connectivity index (χ4v) is 3.48. The normalized spacial score (nSPS) is 12.0. The maximum absolute atomic E-state index is 12.1. The standard InChI is InChI=1S/C12H24N4O2S/c1-5-7-13-8-9-16-11(4)12(10(3)15-16)19(17,18)14-6-2/h13-14H,5-9H2,1-4H3. The van der Waals surface area contributed by atoms with Gasteiger partial charge in [-0.25, -0.2) is 13.1 Å². The van der Waals surface area contributed by atoms with Gasteiger partial charge in [-0.3, -0.25) is 4.68 Å². The highest BCUT2D eigenvalue weighted by atomic mass is 32.2. The van der Waals surface area contributed by atoms with E-state index in [0.29, 0.717) is 29.4 Å².